The molecule has 1 rings (SSSR count). The average Bonchev–Trinajstić information content (AvgIpc) is 2.18. The summed E-state index contributed by atoms with van der Waals surface area (Å²) in [6.07, 6.45) is -0.305. The molecule has 1 aromatic carbocycles. The van der Waals surface area contributed by atoms with E-state index in [4.69, 9.17) is 9.84 Å². The van der Waals surface area contributed by atoms with Crippen LogP contribution < -0.4 is 10.1 Å². The molecule has 1 aromatic rings. The van der Waals surface area contributed by atoms with Crippen LogP contribution in [0.25, 0.3) is 0 Å². The summed E-state index contributed by atoms with van der Waals surface area (Å²) in [6.45, 7) is 3.12. The lowest BCUT2D eigenvalue weighted by Gasteiger charge is -2.07. The van der Waals surface area contributed by atoms with E-state index in [2.05, 4.69) is 5.32 Å². The van der Waals surface area contributed by atoms with Gasteiger partial charge >= 0.3 is 0 Å². The lowest BCUT2D eigenvalue weighted by atomic mass is 10.2. The summed E-state index contributed by atoms with van der Waals surface area (Å²) >= 11 is 0. The van der Waals surface area contributed by atoms with Crippen molar-refractivity contribution >= 4 is 0 Å². The van der Waals surface area contributed by atoms with Crippen LogP contribution in [0.3, 0.4) is 0 Å². The van der Waals surface area contributed by atoms with Gasteiger partial charge in [0.2, 0.25) is 0 Å². The van der Waals surface area contributed by atoms with Crippen LogP contribution in [0.2, 0.25) is 0 Å². The Kier molecular flexibility index (Phi) is 4.43. The van der Waals surface area contributed by atoms with Crippen molar-refractivity contribution in [3.63, 3.8) is 0 Å². The van der Waals surface area contributed by atoms with Crippen LogP contribution >= 0.6 is 0 Å². The Bertz CT molecular complexity index is 274. The fourth-order valence-corrected chi connectivity index (χ4v) is 1.21. The van der Waals surface area contributed by atoms with Gasteiger partial charge in [-0.05, 0) is 24.6 Å². The van der Waals surface area contributed by atoms with Gasteiger partial charge in [0.1, 0.15) is 5.75 Å². The Morgan fingerprint density at radius 3 is 2.93 bits per heavy atom. The van der Waals surface area contributed by atoms with Gasteiger partial charge in [-0.1, -0.05) is 12.1 Å². The summed E-state index contributed by atoms with van der Waals surface area (Å²) in [6, 6.07) is 7.88. The normalized spacial score (nSPS) is 12.5. The Hall–Kier alpha value is -1.06. The van der Waals surface area contributed by atoms with Gasteiger partial charge in [0.15, 0.2) is 0 Å². The Morgan fingerprint density at radius 1 is 1.50 bits per heavy atom. The first-order chi connectivity index (χ1) is 6.72. The molecule has 0 unspecified atom stereocenters. The molecule has 0 radical (unpaired) electrons. The largest absolute Gasteiger partial charge is 0.497 e. The number of aliphatic hydroxyl groups is 1. The number of rotatable bonds is 5. The lowest BCUT2D eigenvalue weighted by molar-refractivity contribution is 0.191. The second kappa shape index (κ2) is 5.62. The fraction of sp³-hybridized carbons (Fsp3) is 0.455. The van der Waals surface area contributed by atoms with Crippen LogP contribution in [0.15, 0.2) is 24.3 Å². The fourth-order valence-electron chi connectivity index (χ4n) is 1.21. The molecule has 0 saturated carbocycles. The first-order valence-electron chi connectivity index (χ1n) is 4.74. The third kappa shape index (κ3) is 3.77. The van der Waals surface area contributed by atoms with Crippen molar-refractivity contribution in [1.82, 2.24) is 5.32 Å². The second-order valence-electron chi connectivity index (χ2n) is 3.33. The summed E-state index contributed by atoms with van der Waals surface area (Å²) in [5.41, 5.74) is 1.16. The van der Waals surface area contributed by atoms with Gasteiger partial charge in [0.05, 0.1) is 13.2 Å². The van der Waals surface area contributed by atoms with E-state index in [-0.39, 0.29) is 6.10 Å². The third-order valence-electron chi connectivity index (χ3n) is 1.90. The van der Waals surface area contributed by atoms with Gasteiger partial charge in [0, 0.05) is 13.1 Å². The van der Waals surface area contributed by atoms with Crippen LogP contribution in [0.5, 0.6) is 5.75 Å². The summed E-state index contributed by atoms with van der Waals surface area (Å²) in [7, 11) is 1.66. The Labute approximate surface area is 84.7 Å². The van der Waals surface area contributed by atoms with E-state index in [0.29, 0.717) is 6.54 Å². The van der Waals surface area contributed by atoms with E-state index >= 15 is 0 Å². The SMILES string of the molecule is COc1cccc(CNC[C@@H](C)O)c1. The smallest absolute Gasteiger partial charge is 0.119 e. The van der Waals surface area contributed by atoms with Crippen LogP contribution in [-0.2, 0) is 6.54 Å². The van der Waals surface area contributed by atoms with E-state index < -0.39 is 0 Å². The van der Waals surface area contributed by atoms with Crippen LogP contribution in [-0.4, -0.2) is 24.9 Å². The van der Waals surface area contributed by atoms with Crippen molar-refractivity contribution in [1.29, 1.82) is 0 Å². The number of ether oxygens (including phenoxy) is 1. The van der Waals surface area contributed by atoms with Gasteiger partial charge < -0.3 is 15.2 Å². The molecular formula is C11H17NO2. The summed E-state index contributed by atoms with van der Waals surface area (Å²) in [5.74, 6) is 0.862. The molecule has 0 spiro atoms. The highest BCUT2D eigenvalue weighted by atomic mass is 16.5. The highest BCUT2D eigenvalue weighted by Crippen LogP contribution is 2.11. The number of hydrogen-bond acceptors (Lipinski definition) is 3. The monoisotopic (exact) mass is 195 g/mol. The molecule has 0 amide bonds. The Balaban J connectivity index is 2.42. The maximum Gasteiger partial charge on any atom is 0.119 e. The van der Waals surface area contributed by atoms with Gasteiger partial charge in [0.25, 0.3) is 0 Å². The topological polar surface area (TPSA) is 41.5 Å². The van der Waals surface area contributed by atoms with E-state index in [1.807, 2.05) is 24.3 Å². The first-order valence-corrected chi connectivity index (χ1v) is 4.74. The minimum absolute atomic E-state index is 0.305. The molecule has 0 fully saturated rings. The van der Waals surface area contributed by atoms with Crippen molar-refractivity contribution in [2.75, 3.05) is 13.7 Å². The van der Waals surface area contributed by atoms with Crippen molar-refractivity contribution < 1.29 is 9.84 Å². The third-order valence-corrected chi connectivity index (χ3v) is 1.90. The highest BCUT2D eigenvalue weighted by Gasteiger charge is 1.97. The Morgan fingerprint density at radius 2 is 2.29 bits per heavy atom. The van der Waals surface area contributed by atoms with Crippen LogP contribution in [0.4, 0.5) is 0 Å². The molecular weight excluding hydrogens is 178 g/mol. The van der Waals surface area contributed by atoms with Crippen molar-refractivity contribution in [3.05, 3.63) is 29.8 Å². The highest BCUT2D eigenvalue weighted by molar-refractivity contribution is 5.28. The van der Waals surface area contributed by atoms with Crippen LogP contribution in [0, 0.1) is 0 Å². The molecule has 0 aromatic heterocycles. The molecule has 0 aliphatic carbocycles. The quantitative estimate of drug-likeness (QED) is 0.741. The number of hydrogen-bond donors (Lipinski definition) is 2. The molecule has 78 valence electrons. The predicted octanol–water partition coefficient (Wildman–Crippen LogP) is 1.17. The molecule has 0 bridgehead atoms. The van der Waals surface area contributed by atoms with Crippen molar-refractivity contribution in [2.24, 2.45) is 0 Å². The molecule has 0 aliphatic rings. The minimum Gasteiger partial charge on any atom is -0.497 e. The lowest BCUT2D eigenvalue weighted by Crippen LogP contribution is -2.23. The van der Waals surface area contributed by atoms with Gasteiger partial charge in [-0.2, -0.15) is 0 Å². The van der Waals surface area contributed by atoms with Crippen molar-refractivity contribution in [2.45, 2.75) is 19.6 Å². The van der Waals surface area contributed by atoms with Crippen molar-refractivity contribution in [3.8, 4) is 5.75 Å². The molecule has 14 heavy (non-hydrogen) atoms. The van der Waals surface area contributed by atoms with Gasteiger partial charge in [-0.25, -0.2) is 0 Å². The molecule has 2 N–H and O–H groups in total. The standard InChI is InChI=1S/C11H17NO2/c1-9(13)7-12-8-10-4-3-5-11(6-10)14-2/h3-6,9,12-13H,7-8H2,1-2H3/t9-/m1/s1. The number of benzene rings is 1. The number of aliphatic hydroxyl groups excluding tert-OH is 1. The average molecular weight is 195 g/mol. The summed E-state index contributed by atoms with van der Waals surface area (Å²) < 4.78 is 5.11. The molecule has 0 aliphatic heterocycles. The molecule has 0 saturated heterocycles. The predicted molar refractivity (Wildman–Crippen MR) is 56.4 cm³/mol. The summed E-state index contributed by atoms with van der Waals surface area (Å²) in [4.78, 5) is 0. The molecule has 3 heteroatoms. The molecule has 0 heterocycles. The van der Waals surface area contributed by atoms with E-state index in [1.54, 1.807) is 14.0 Å². The van der Waals surface area contributed by atoms with Crippen LogP contribution in [0.1, 0.15) is 12.5 Å². The molecule has 3 nitrogen and oxygen atoms in total. The van der Waals surface area contributed by atoms with Gasteiger partial charge in [-0.3, -0.25) is 0 Å². The zero-order valence-electron chi connectivity index (χ0n) is 8.66. The molecule has 1 atom stereocenters. The van der Waals surface area contributed by atoms with Gasteiger partial charge in [-0.15, -0.1) is 0 Å². The first kappa shape index (κ1) is 11.0. The summed E-state index contributed by atoms with van der Waals surface area (Å²) in [5, 5.41) is 12.2. The minimum atomic E-state index is -0.305. The number of nitrogens with one attached hydrogen (secondary N) is 1. The zero-order valence-corrected chi connectivity index (χ0v) is 8.66. The van der Waals surface area contributed by atoms with E-state index in [1.165, 1.54) is 0 Å². The van der Waals surface area contributed by atoms with E-state index in [0.717, 1.165) is 17.9 Å². The van der Waals surface area contributed by atoms with E-state index in [9.17, 15) is 0 Å². The zero-order chi connectivity index (χ0) is 10.4. The number of methoxy groups -OCH3 is 1. The maximum absolute atomic E-state index is 9.04. The second-order valence-corrected chi connectivity index (χ2v) is 3.33. The maximum atomic E-state index is 9.04.